The molecule has 0 bridgehead atoms. The molecule has 206 valence electrons. The number of rotatable bonds is 3. The Labute approximate surface area is 253 Å². The van der Waals surface area contributed by atoms with Gasteiger partial charge in [-0.2, -0.15) is 0 Å². The lowest BCUT2D eigenvalue weighted by atomic mass is 9.98. The van der Waals surface area contributed by atoms with Gasteiger partial charge in [0.05, 0.1) is 28.6 Å². The van der Waals surface area contributed by atoms with Crippen molar-refractivity contribution in [2.45, 2.75) is 0 Å². The van der Waals surface area contributed by atoms with Gasteiger partial charge in [-0.3, -0.25) is 0 Å². The van der Waals surface area contributed by atoms with Gasteiger partial charge in [-0.25, -0.2) is 15.0 Å². The number of para-hydroxylation sites is 4. The number of hydrogen-bond donors (Lipinski definition) is 0. The average Bonchev–Trinajstić information content (AvgIpc) is 3.36. The molecule has 5 nitrogen and oxygen atoms in total. The molecule has 1 aliphatic heterocycles. The smallest absolute Gasteiger partial charge is 0.179 e. The number of aromatic nitrogens is 4. The minimum absolute atomic E-state index is 0.570. The standard InChI is InChI=1S/C39H24N4O/c1-3-13-25(14-4-1)37-27-17-7-10-20-31(27)41-39(42-37)32-23-30-35(24-40-32)44-34-22-12-9-19-29(34)38-36(30)28-18-8-11-21-33(28)43(38)26-15-5-2-6-16-26/h1-24H. The molecule has 0 saturated carbocycles. The van der Waals surface area contributed by atoms with Crippen LogP contribution in [0.3, 0.4) is 0 Å². The summed E-state index contributed by atoms with van der Waals surface area (Å²) in [5.74, 6) is 2.05. The van der Waals surface area contributed by atoms with E-state index in [0.717, 1.165) is 66.9 Å². The summed E-state index contributed by atoms with van der Waals surface area (Å²) in [6, 6.07) is 47.7. The molecule has 1 aliphatic rings. The molecule has 0 fully saturated rings. The monoisotopic (exact) mass is 564 g/mol. The van der Waals surface area contributed by atoms with E-state index in [1.165, 1.54) is 0 Å². The van der Waals surface area contributed by atoms with Crippen molar-refractivity contribution in [3.05, 3.63) is 146 Å². The summed E-state index contributed by atoms with van der Waals surface area (Å²) in [6.45, 7) is 0. The number of pyridine rings is 1. The predicted molar refractivity (Wildman–Crippen MR) is 176 cm³/mol. The maximum atomic E-state index is 6.62. The van der Waals surface area contributed by atoms with Crippen LogP contribution in [0.2, 0.25) is 0 Å². The second-order valence-corrected chi connectivity index (χ2v) is 10.9. The molecule has 3 aromatic heterocycles. The van der Waals surface area contributed by atoms with Crippen molar-refractivity contribution in [1.29, 1.82) is 0 Å². The van der Waals surface area contributed by atoms with Gasteiger partial charge in [-0.1, -0.05) is 97.1 Å². The molecule has 0 aliphatic carbocycles. The molecule has 44 heavy (non-hydrogen) atoms. The molecule has 0 atom stereocenters. The molecule has 0 unspecified atom stereocenters. The third-order valence-electron chi connectivity index (χ3n) is 8.27. The van der Waals surface area contributed by atoms with Crippen LogP contribution in [-0.4, -0.2) is 19.5 Å². The van der Waals surface area contributed by atoms with Crippen molar-refractivity contribution < 1.29 is 4.74 Å². The first-order valence-corrected chi connectivity index (χ1v) is 14.6. The zero-order valence-electron chi connectivity index (χ0n) is 23.6. The zero-order valence-corrected chi connectivity index (χ0v) is 23.6. The quantitative estimate of drug-likeness (QED) is 0.214. The van der Waals surface area contributed by atoms with E-state index in [1.54, 1.807) is 0 Å². The highest BCUT2D eigenvalue weighted by Crippen LogP contribution is 2.52. The van der Waals surface area contributed by atoms with Crippen molar-refractivity contribution in [2.24, 2.45) is 0 Å². The van der Waals surface area contributed by atoms with Gasteiger partial charge in [0.1, 0.15) is 11.4 Å². The molecule has 5 aromatic carbocycles. The maximum absolute atomic E-state index is 6.62. The molecule has 0 radical (unpaired) electrons. The fourth-order valence-electron chi connectivity index (χ4n) is 6.33. The lowest BCUT2D eigenvalue weighted by Crippen LogP contribution is -1.98. The fourth-order valence-corrected chi connectivity index (χ4v) is 6.33. The highest BCUT2D eigenvalue weighted by atomic mass is 16.5. The average molecular weight is 565 g/mol. The first-order chi connectivity index (χ1) is 21.8. The van der Waals surface area contributed by atoms with E-state index in [0.29, 0.717) is 17.3 Å². The van der Waals surface area contributed by atoms with Gasteiger partial charge >= 0.3 is 0 Å². The molecule has 0 amide bonds. The van der Waals surface area contributed by atoms with Crippen LogP contribution < -0.4 is 4.74 Å². The molecule has 0 spiro atoms. The molecular weight excluding hydrogens is 540 g/mol. The number of benzene rings is 5. The highest BCUT2D eigenvalue weighted by Gasteiger charge is 2.29. The molecule has 9 rings (SSSR count). The Morgan fingerprint density at radius 3 is 2.14 bits per heavy atom. The highest BCUT2D eigenvalue weighted by molar-refractivity contribution is 6.08. The lowest BCUT2D eigenvalue weighted by molar-refractivity contribution is 0.485. The summed E-state index contributed by atoms with van der Waals surface area (Å²) >= 11 is 0. The molecule has 4 heterocycles. The van der Waals surface area contributed by atoms with Crippen molar-refractivity contribution >= 4 is 21.8 Å². The second-order valence-electron chi connectivity index (χ2n) is 10.9. The van der Waals surface area contributed by atoms with Crippen LogP contribution in [0, 0.1) is 0 Å². The van der Waals surface area contributed by atoms with Crippen LogP contribution >= 0.6 is 0 Å². The van der Waals surface area contributed by atoms with E-state index in [4.69, 9.17) is 19.7 Å². The van der Waals surface area contributed by atoms with Gasteiger partial charge in [0.2, 0.25) is 0 Å². The van der Waals surface area contributed by atoms with Crippen molar-refractivity contribution in [2.75, 3.05) is 0 Å². The lowest BCUT2D eigenvalue weighted by Gasteiger charge is -2.13. The van der Waals surface area contributed by atoms with Gasteiger partial charge in [0.15, 0.2) is 11.6 Å². The summed E-state index contributed by atoms with van der Waals surface area (Å²) < 4.78 is 8.96. The summed E-state index contributed by atoms with van der Waals surface area (Å²) in [4.78, 5) is 15.0. The molecule has 0 saturated heterocycles. The maximum Gasteiger partial charge on any atom is 0.179 e. The van der Waals surface area contributed by atoms with Crippen LogP contribution in [0.5, 0.6) is 11.5 Å². The van der Waals surface area contributed by atoms with Crippen molar-refractivity contribution in [3.63, 3.8) is 0 Å². The summed E-state index contributed by atoms with van der Waals surface area (Å²) in [5, 5.41) is 2.14. The normalized spacial score (nSPS) is 11.8. The van der Waals surface area contributed by atoms with E-state index in [-0.39, 0.29) is 0 Å². The van der Waals surface area contributed by atoms with E-state index < -0.39 is 0 Å². The first-order valence-electron chi connectivity index (χ1n) is 14.6. The Balaban J connectivity index is 1.35. The van der Waals surface area contributed by atoms with Crippen LogP contribution in [-0.2, 0) is 0 Å². The molecule has 5 heteroatoms. The van der Waals surface area contributed by atoms with E-state index >= 15 is 0 Å². The van der Waals surface area contributed by atoms with Gasteiger partial charge in [-0.05, 0) is 42.5 Å². The van der Waals surface area contributed by atoms with Crippen molar-refractivity contribution in [1.82, 2.24) is 19.5 Å². The van der Waals surface area contributed by atoms with Gasteiger partial charge in [-0.15, -0.1) is 0 Å². The van der Waals surface area contributed by atoms with Gasteiger partial charge in [0, 0.05) is 38.7 Å². The van der Waals surface area contributed by atoms with E-state index in [1.807, 2.05) is 60.8 Å². The SMILES string of the molecule is c1ccc(-c2nc(-c3cc4c(cn3)Oc3ccccc3-c3c-4c4ccccc4n3-c3ccccc3)nc3ccccc23)cc1. The van der Waals surface area contributed by atoms with Crippen molar-refractivity contribution in [3.8, 4) is 62.3 Å². The topological polar surface area (TPSA) is 52.8 Å². The predicted octanol–water partition coefficient (Wildman–Crippen LogP) is 9.74. The van der Waals surface area contributed by atoms with Gasteiger partial charge in [0.25, 0.3) is 0 Å². The Morgan fingerprint density at radius 1 is 0.568 bits per heavy atom. The molecule has 0 N–H and O–H groups in total. The van der Waals surface area contributed by atoms with Gasteiger partial charge < -0.3 is 9.30 Å². The number of nitrogens with zero attached hydrogens (tertiary/aromatic N) is 4. The minimum atomic E-state index is 0.570. The summed E-state index contributed by atoms with van der Waals surface area (Å²) in [7, 11) is 0. The summed E-state index contributed by atoms with van der Waals surface area (Å²) in [5.41, 5.74) is 9.83. The Morgan fingerprint density at radius 2 is 1.27 bits per heavy atom. The minimum Gasteiger partial charge on any atom is -0.454 e. The number of hydrogen-bond acceptors (Lipinski definition) is 4. The van der Waals surface area contributed by atoms with Crippen LogP contribution in [0.1, 0.15) is 0 Å². The van der Waals surface area contributed by atoms with Crippen LogP contribution in [0.4, 0.5) is 0 Å². The fraction of sp³-hybridized carbons (Fsp3) is 0. The largest absolute Gasteiger partial charge is 0.454 e. The van der Waals surface area contributed by atoms with Crippen LogP contribution in [0.25, 0.3) is 72.7 Å². The van der Waals surface area contributed by atoms with Crippen LogP contribution in [0.15, 0.2) is 146 Å². The number of fused-ring (bicyclic) bond motifs is 8. The Kier molecular flexibility index (Phi) is 5.43. The third kappa shape index (κ3) is 3.76. The Bertz CT molecular complexity index is 2360. The number of ether oxygens (including phenoxy) is 1. The zero-order chi connectivity index (χ0) is 29.0. The van der Waals surface area contributed by atoms with E-state index in [9.17, 15) is 0 Å². The molecule has 8 aromatic rings. The Hall–Kier alpha value is -6.07. The first kappa shape index (κ1) is 24.5. The van der Waals surface area contributed by atoms with E-state index in [2.05, 4.69) is 89.5 Å². The third-order valence-corrected chi connectivity index (χ3v) is 8.27. The molecular formula is C39H24N4O. The second kappa shape index (κ2) is 9.75. The summed E-state index contributed by atoms with van der Waals surface area (Å²) in [6.07, 6.45) is 1.81.